The molecule has 3 aliphatic heterocycles. The summed E-state index contributed by atoms with van der Waals surface area (Å²) in [5, 5.41) is 50.8. The van der Waals surface area contributed by atoms with E-state index in [4.69, 9.17) is 36.7 Å². The third kappa shape index (κ3) is 10.7. The molecule has 3 atom stereocenters. The highest BCUT2D eigenvalue weighted by atomic mass is 32.1. The molecule has 6 heterocycles. The Kier molecular flexibility index (Phi) is 14.9. The van der Waals surface area contributed by atoms with E-state index in [9.17, 15) is 44.7 Å². The summed E-state index contributed by atoms with van der Waals surface area (Å²) in [5.41, 5.74) is 5.06. The molecule has 9 rings (SSSR count). The van der Waals surface area contributed by atoms with Gasteiger partial charge in [0, 0.05) is 89.6 Å². The Morgan fingerprint density at radius 1 is 0.571 bits per heavy atom. The van der Waals surface area contributed by atoms with Gasteiger partial charge >= 0.3 is 0 Å². The summed E-state index contributed by atoms with van der Waals surface area (Å²) in [6.45, 7) is 5.72. The van der Waals surface area contributed by atoms with Crippen LogP contribution in [0.25, 0.3) is 0 Å². The Labute approximate surface area is 413 Å². The van der Waals surface area contributed by atoms with Gasteiger partial charge in [0.25, 0.3) is 34.8 Å². The highest BCUT2D eigenvalue weighted by Crippen LogP contribution is 2.43. The molecule has 6 N–H and O–H groups in total. The average molecular weight is 999 g/mol. The second kappa shape index (κ2) is 21.1. The van der Waals surface area contributed by atoms with Crippen LogP contribution in [0.3, 0.4) is 0 Å². The van der Waals surface area contributed by atoms with Crippen molar-refractivity contribution in [2.45, 2.75) is 44.9 Å². The summed E-state index contributed by atoms with van der Waals surface area (Å²) < 4.78 is 0. The van der Waals surface area contributed by atoms with Crippen molar-refractivity contribution < 1.29 is 29.2 Å². The molecule has 6 aromatic rings. The number of carbonyl (C=O) groups excluding carboxylic acids is 3. The van der Waals surface area contributed by atoms with E-state index in [1.165, 1.54) is 73.3 Å². The molecule has 0 fully saturated rings. The number of hydrogen-bond acceptors (Lipinski definition) is 15. The van der Waals surface area contributed by atoms with Gasteiger partial charge < -0.3 is 31.9 Å². The number of aromatic nitrogens is 3. The van der Waals surface area contributed by atoms with Gasteiger partial charge in [-0.2, -0.15) is 0 Å². The third-order valence-electron chi connectivity index (χ3n) is 11.2. The standard InChI is InChI=1S/C16H14N4O3S.2C15H12N4O3S/c1-2-10-11-7-14(20(22)23)13(8-12(11)19-16(10)24)18-15(21)9-3-5-17-6-4-9;1-8-10-5-13(19(21)22)12(6-11(10)18-15(8)23)17-14(20)9-3-2-4-16-7-9;1-8-9-6-13(19(21)22)12(7-11(9)18-15(8)23)17-14(20)10-4-2-3-5-16-10/h3-8,10H,2H2,1H3,(H,18,21)(H,19,24);2*2-8H,1H3,(H,17,20)(H,18,23). The topological polar surface area (TPSA) is 291 Å². The van der Waals surface area contributed by atoms with Gasteiger partial charge in [0.1, 0.15) is 22.8 Å². The van der Waals surface area contributed by atoms with Crippen LogP contribution >= 0.6 is 36.7 Å². The minimum atomic E-state index is -0.525. The fourth-order valence-corrected chi connectivity index (χ4v) is 8.38. The number of pyridine rings is 3. The SMILES string of the molecule is CC1C(=S)Nc2cc(NC(=O)c3ccccn3)c([N+](=O)[O-])cc21.CC1C(=S)Nc2cc(NC(=O)c3cccnc3)c([N+](=O)[O-])cc21.CCC1C(=S)Nc2cc(NC(=O)c3ccncc3)c([N+](=O)[O-])cc21. The first-order valence-corrected chi connectivity index (χ1v) is 22.2. The number of nitro groups is 3. The number of rotatable bonds is 10. The van der Waals surface area contributed by atoms with Crippen molar-refractivity contribution in [3.8, 4) is 0 Å². The fraction of sp³-hybridized carbons (Fsp3) is 0.152. The number of fused-ring (bicyclic) bond motifs is 3. The third-order valence-corrected chi connectivity index (χ3v) is 12.5. The molecule has 3 aromatic carbocycles. The molecule has 0 saturated heterocycles. The van der Waals surface area contributed by atoms with Crippen LogP contribution < -0.4 is 31.9 Å². The van der Waals surface area contributed by atoms with Crippen molar-refractivity contribution in [1.82, 2.24) is 15.0 Å². The fourth-order valence-electron chi connectivity index (χ4n) is 7.50. The van der Waals surface area contributed by atoms with Gasteiger partial charge in [-0.1, -0.05) is 63.5 Å². The zero-order valence-electron chi connectivity index (χ0n) is 36.9. The van der Waals surface area contributed by atoms with Gasteiger partial charge in [-0.15, -0.1) is 0 Å². The number of thiocarbonyl (C=S) groups is 3. The number of nitro benzene ring substituents is 3. The number of nitrogens with zero attached hydrogens (tertiary/aromatic N) is 6. The average Bonchev–Trinajstić information content (AvgIpc) is 3.93. The molecule has 0 spiro atoms. The smallest absolute Gasteiger partial charge is 0.293 e. The summed E-state index contributed by atoms with van der Waals surface area (Å²) in [6, 6.07) is 20.2. The molecule has 0 bridgehead atoms. The second-order valence-electron chi connectivity index (χ2n) is 15.6. The van der Waals surface area contributed by atoms with Crippen LogP contribution in [-0.4, -0.2) is 62.4 Å². The van der Waals surface area contributed by atoms with Gasteiger partial charge in [-0.25, -0.2) is 0 Å². The lowest BCUT2D eigenvalue weighted by Crippen LogP contribution is -2.14. The van der Waals surface area contributed by atoms with Crippen molar-refractivity contribution in [2.24, 2.45) is 0 Å². The van der Waals surface area contributed by atoms with E-state index in [0.29, 0.717) is 43.2 Å². The molecule has 3 unspecified atom stereocenters. The molecule has 0 aliphatic carbocycles. The highest BCUT2D eigenvalue weighted by molar-refractivity contribution is 7.81. The first kappa shape index (κ1) is 49.3. The van der Waals surface area contributed by atoms with Gasteiger partial charge in [-0.3, -0.25) is 59.7 Å². The van der Waals surface area contributed by atoms with E-state index in [1.807, 2.05) is 20.8 Å². The van der Waals surface area contributed by atoms with Gasteiger partial charge in [-0.05, 0) is 77.7 Å². The lowest BCUT2D eigenvalue weighted by atomic mass is 9.97. The van der Waals surface area contributed by atoms with E-state index in [1.54, 1.807) is 36.5 Å². The Hall–Kier alpha value is -8.61. The molecule has 3 aromatic heterocycles. The van der Waals surface area contributed by atoms with E-state index >= 15 is 0 Å². The van der Waals surface area contributed by atoms with E-state index in [-0.39, 0.29) is 57.6 Å². The summed E-state index contributed by atoms with van der Waals surface area (Å²) >= 11 is 15.7. The highest BCUT2D eigenvalue weighted by Gasteiger charge is 2.32. The zero-order chi connectivity index (χ0) is 50.4. The summed E-state index contributed by atoms with van der Waals surface area (Å²) in [7, 11) is 0. The van der Waals surface area contributed by atoms with Crippen molar-refractivity contribution in [3.63, 3.8) is 0 Å². The van der Waals surface area contributed by atoms with Crippen molar-refractivity contribution in [1.29, 1.82) is 0 Å². The maximum Gasteiger partial charge on any atom is 0.293 e. The van der Waals surface area contributed by atoms with Crippen LogP contribution in [0.1, 0.15) is 92.8 Å². The van der Waals surface area contributed by atoms with Crippen LogP contribution in [0.5, 0.6) is 0 Å². The molecular formula is C46H38N12O9S3. The predicted molar refractivity (Wildman–Crippen MR) is 274 cm³/mol. The molecule has 354 valence electrons. The number of nitrogens with one attached hydrogen (secondary N) is 6. The van der Waals surface area contributed by atoms with E-state index in [0.717, 1.165) is 23.1 Å². The van der Waals surface area contributed by atoms with Crippen molar-refractivity contribution >= 4 is 121 Å². The number of hydrogen-bond donors (Lipinski definition) is 6. The molecular weight excluding hydrogens is 961 g/mol. The first-order chi connectivity index (χ1) is 33.4. The van der Waals surface area contributed by atoms with E-state index in [2.05, 4.69) is 46.9 Å². The Bertz CT molecular complexity index is 3010. The van der Waals surface area contributed by atoms with Crippen molar-refractivity contribution in [3.05, 3.63) is 174 Å². The predicted octanol–water partition coefficient (Wildman–Crippen LogP) is 9.69. The summed E-state index contributed by atoms with van der Waals surface area (Å²) in [5.74, 6) is -1.65. The quantitative estimate of drug-likeness (QED) is 0.0423. The number of anilines is 6. The minimum Gasteiger partial charge on any atom is -0.349 e. The van der Waals surface area contributed by atoms with E-state index < -0.39 is 32.5 Å². The molecule has 24 heteroatoms. The number of benzene rings is 3. The molecule has 0 saturated carbocycles. The lowest BCUT2D eigenvalue weighted by molar-refractivity contribution is -0.384. The molecule has 3 amide bonds. The lowest BCUT2D eigenvalue weighted by Gasteiger charge is -2.10. The first-order valence-electron chi connectivity index (χ1n) is 21.0. The Morgan fingerprint density at radius 3 is 1.50 bits per heavy atom. The minimum absolute atomic E-state index is 0.0429. The van der Waals surface area contributed by atoms with Gasteiger partial charge in [0.05, 0.1) is 35.3 Å². The summed E-state index contributed by atoms with van der Waals surface area (Å²) in [4.78, 5) is 82.6. The Balaban J connectivity index is 0.000000155. The molecule has 3 aliphatic rings. The molecule has 70 heavy (non-hydrogen) atoms. The van der Waals surface area contributed by atoms with Crippen LogP contribution in [0.2, 0.25) is 0 Å². The Morgan fingerprint density at radius 2 is 1.04 bits per heavy atom. The van der Waals surface area contributed by atoms with Crippen LogP contribution in [0.15, 0.2) is 110 Å². The normalized spacial score (nSPS) is 15.6. The zero-order valence-corrected chi connectivity index (χ0v) is 39.4. The summed E-state index contributed by atoms with van der Waals surface area (Å²) in [6.07, 6.45) is 8.13. The molecule has 21 nitrogen and oxygen atoms in total. The van der Waals surface area contributed by atoms with Crippen LogP contribution in [-0.2, 0) is 0 Å². The maximum absolute atomic E-state index is 12.3. The second-order valence-corrected chi connectivity index (χ2v) is 16.9. The monoisotopic (exact) mass is 998 g/mol. The van der Waals surface area contributed by atoms with Gasteiger partial charge in [0.15, 0.2) is 0 Å². The van der Waals surface area contributed by atoms with Crippen molar-refractivity contribution in [2.75, 3.05) is 31.9 Å². The number of amides is 3. The molecule has 0 radical (unpaired) electrons. The van der Waals surface area contributed by atoms with Crippen LogP contribution in [0.4, 0.5) is 51.2 Å². The number of carbonyl (C=O) groups is 3. The van der Waals surface area contributed by atoms with Crippen LogP contribution in [0, 0.1) is 30.3 Å². The largest absolute Gasteiger partial charge is 0.349 e. The van der Waals surface area contributed by atoms with Gasteiger partial charge in [0.2, 0.25) is 0 Å². The maximum atomic E-state index is 12.3.